The van der Waals surface area contributed by atoms with Gasteiger partial charge in [-0.05, 0) is 43.9 Å². The van der Waals surface area contributed by atoms with E-state index in [9.17, 15) is 4.79 Å². The van der Waals surface area contributed by atoms with Gasteiger partial charge in [0.1, 0.15) is 5.75 Å². The van der Waals surface area contributed by atoms with Crippen LogP contribution in [0.1, 0.15) is 47.1 Å². The minimum atomic E-state index is -0.488. The number of amides is 1. The lowest BCUT2D eigenvalue weighted by Gasteiger charge is -2.21. The molecule has 1 aromatic carbocycles. The smallest absolute Gasteiger partial charge is 0.260 e. The number of benzene rings is 1. The van der Waals surface area contributed by atoms with Crippen LogP contribution in [0.25, 0.3) is 0 Å². The Morgan fingerprint density at radius 3 is 2.37 bits per heavy atom. The molecule has 3 nitrogen and oxygen atoms in total. The summed E-state index contributed by atoms with van der Waals surface area (Å²) < 4.78 is 5.70. The zero-order valence-corrected chi connectivity index (χ0v) is 12.8. The van der Waals surface area contributed by atoms with Crippen molar-refractivity contribution in [2.45, 2.75) is 59.1 Å². The van der Waals surface area contributed by atoms with E-state index in [0.717, 1.165) is 5.75 Å². The van der Waals surface area contributed by atoms with E-state index in [-0.39, 0.29) is 17.4 Å². The van der Waals surface area contributed by atoms with Crippen LogP contribution < -0.4 is 10.1 Å². The third kappa shape index (κ3) is 4.93. The number of carbonyl (C=O) groups is 1. The van der Waals surface area contributed by atoms with Gasteiger partial charge in [-0.25, -0.2) is 0 Å². The quantitative estimate of drug-likeness (QED) is 0.905. The predicted octanol–water partition coefficient (Wildman–Crippen LogP) is 3.28. The molecule has 0 fully saturated rings. The molecule has 1 amide bonds. The number of nitrogens with one attached hydrogen (secondary N) is 1. The maximum absolute atomic E-state index is 11.8. The van der Waals surface area contributed by atoms with E-state index in [2.05, 4.69) is 32.2 Å². The van der Waals surface area contributed by atoms with Gasteiger partial charge in [-0.2, -0.15) is 0 Å². The van der Waals surface area contributed by atoms with E-state index in [1.807, 2.05) is 32.0 Å². The average molecular weight is 263 g/mol. The summed E-state index contributed by atoms with van der Waals surface area (Å²) in [5, 5.41) is 2.84. The van der Waals surface area contributed by atoms with Gasteiger partial charge in [0, 0.05) is 6.04 Å². The Kier molecular flexibility index (Phi) is 4.98. The van der Waals surface area contributed by atoms with Gasteiger partial charge in [0.05, 0.1) is 0 Å². The third-order valence-electron chi connectivity index (χ3n) is 2.81. The molecule has 0 saturated carbocycles. The van der Waals surface area contributed by atoms with Crippen molar-refractivity contribution in [1.29, 1.82) is 0 Å². The fourth-order valence-electron chi connectivity index (χ4n) is 1.70. The van der Waals surface area contributed by atoms with Gasteiger partial charge in [-0.15, -0.1) is 0 Å². The van der Waals surface area contributed by atoms with Crippen LogP contribution in [0.3, 0.4) is 0 Å². The fraction of sp³-hybridized carbons (Fsp3) is 0.562. The number of hydrogen-bond acceptors (Lipinski definition) is 2. The molecule has 0 aromatic heterocycles. The molecule has 1 unspecified atom stereocenters. The molecular weight excluding hydrogens is 238 g/mol. The third-order valence-corrected chi connectivity index (χ3v) is 2.81. The molecule has 1 N–H and O–H groups in total. The molecule has 0 spiro atoms. The largest absolute Gasteiger partial charge is 0.481 e. The van der Waals surface area contributed by atoms with Crippen molar-refractivity contribution >= 4 is 5.91 Å². The molecule has 0 aliphatic heterocycles. The summed E-state index contributed by atoms with van der Waals surface area (Å²) in [5.41, 5.74) is 1.27. The second kappa shape index (κ2) is 6.09. The predicted molar refractivity (Wildman–Crippen MR) is 78.5 cm³/mol. The lowest BCUT2D eigenvalue weighted by molar-refractivity contribution is -0.127. The number of rotatable bonds is 4. The van der Waals surface area contributed by atoms with Crippen molar-refractivity contribution in [2.24, 2.45) is 0 Å². The first-order chi connectivity index (χ1) is 8.70. The highest BCUT2D eigenvalue weighted by Gasteiger charge is 2.17. The molecule has 3 heteroatoms. The first-order valence-electron chi connectivity index (χ1n) is 6.77. The normalized spacial score (nSPS) is 13.2. The zero-order valence-electron chi connectivity index (χ0n) is 12.8. The lowest BCUT2D eigenvalue weighted by atomic mass is 9.87. The minimum absolute atomic E-state index is 0.0722. The Bertz CT molecular complexity index is 433. The summed E-state index contributed by atoms with van der Waals surface area (Å²) in [7, 11) is 0. The Morgan fingerprint density at radius 2 is 1.84 bits per heavy atom. The first kappa shape index (κ1) is 15.5. The van der Waals surface area contributed by atoms with Crippen LogP contribution in [0, 0.1) is 0 Å². The number of carbonyl (C=O) groups excluding carboxylic acids is 1. The van der Waals surface area contributed by atoms with Gasteiger partial charge in [0.25, 0.3) is 5.91 Å². The summed E-state index contributed by atoms with van der Waals surface area (Å²) in [6, 6.07) is 8.04. The van der Waals surface area contributed by atoms with Crippen molar-refractivity contribution in [3.05, 3.63) is 29.8 Å². The molecule has 0 radical (unpaired) electrons. The Morgan fingerprint density at radius 1 is 1.21 bits per heavy atom. The van der Waals surface area contributed by atoms with Gasteiger partial charge in [0.2, 0.25) is 0 Å². The zero-order chi connectivity index (χ0) is 14.6. The van der Waals surface area contributed by atoms with E-state index in [4.69, 9.17) is 4.74 Å². The first-order valence-corrected chi connectivity index (χ1v) is 6.77. The second-order valence-electron chi connectivity index (χ2n) is 6.20. The molecule has 1 atom stereocenters. The van der Waals surface area contributed by atoms with Gasteiger partial charge in [-0.1, -0.05) is 32.9 Å². The van der Waals surface area contributed by atoms with Crippen LogP contribution in [0.5, 0.6) is 5.75 Å². The second-order valence-corrected chi connectivity index (χ2v) is 6.20. The molecule has 1 rings (SSSR count). The molecule has 0 heterocycles. The van der Waals surface area contributed by atoms with Gasteiger partial charge in [0.15, 0.2) is 6.10 Å². The summed E-state index contributed by atoms with van der Waals surface area (Å²) in [4.78, 5) is 11.8. The molecule has 106 valence electrons. The van der Waals surface area contributed by atoms with E-state index >= 15 is 0 Å². The van der Waals surface area contributed by atoms with Crippen LogP contribution in [-0.4, -0.2) is 18.1 Å². The van der Waals surface area contributed by atoms with Gasteiger partial charge < -0.3 is 10.1 Å². The van der Waals surface area contributed by atoms with Crippen molar-refractivity contribution in [3.8, 4) is 5.75 Å². The van der Waals surface area contributed by atoms with Crippen LogP contribution in [0.4, 0.5) is 0 Å². The molecule has 0 saturated heterocycles. The molecule has 19 heavy (non-hydrogen) atoms. The number of hydrogen-bond donors (Lipinski definition) is 1. The standard InChI is InChI=1S/C16H25NO2/c1-11(2)17-15(18)12(3)19-14-9-7-8-13(10-14)16(4,5)6/h7-12H,1-6H3,(H,17,18). The molecule has 0 bridgehead atoms. The summed E-state index contributed by atoms with van der Waals surface area (Å²) >= 11 is 0. The Balaban J connectivity index is 2.75. The summed E-state index contributed by atoms with van der Waals surface area (Å²) in [6.45, 7) is 12.1. The van der Waals surface area contributed by atoms with Gasteiger partial charge in [-0.3, -0.25) is 4.79 Å². The SMILES string of the molecule is CC(C)NC(=O)C(C)Oc1cccc(C(C)(C)C)c1. The van der Waals surface area contributed by atoms with Crippen molar-refractivity contribution < 1.29 is 9.53 Å². The molecule has 0 aliphatic rings. The van der Waals surface area contributed by atoms with E-state index < -0.39 is 6.10 Å². The molecular formula is C16H25NO2. The van der Waals surface area contributed by atoms with Gasteiger partial charge >= 0.3 is 0 Å². The molecule has 1 aromatic rings. The van der Waals surface area contributed by atoms with Crippen molar-refractivity contribution in [2.75, 3.05) is 0 Å². The van der Waals surface area contributed by atoms with Crippen molar-refractivity contribution in [1.82, 2.24) is 5.32 Å². The average Bonchev–Trinajstić information content (AvgIpc) is 2.27. The number of ether oxygens (including phenoxy) is 1. The van der Waals surface area contributed by atoms with Crippen molar-refractivity contribution in [3.63, 3.8) is 0 Å². The fourth-order valence-corrected chi connectivity index (χ4v) is 1.70. The van der Waals surface area contributed by atoms with E-state index in [1.54, 1.807) is 6.92 Å². The van der Waals surface area contributed by atoms with Crippen LogP contribution in [0.15, 0.2) is 24.3 Å². The Hall–Kier alpha value is -1.51. The highest BCUT2D eigenvalue weighted by atomic mass is 16.5. The van der Waals surface area contributed by atoms with Crippen LogP contribution in [0.2, 0.25) is 0 Å². The highest BCUT2D eigenvalue weighted by molar-refractivity contribution is 5.80. The van der Waals surface area contributed by atoms with Crippen LogP contribution in [-0.2, 0) is 10.2 Å². The minimum Gasteiger partial charge on any atom is -0.481 e. The maximum atomic E-state index is 11.8. The Labute approximate surface area is 116 Å². The maximum Gasteiger partial charge on any atom is 0.260 e. The van der Waals surface area contributed by atoms with E-state index in [0.29, 0.717) is 0 Å². The van der Waals surface area contributed by atoms with Crippen LogP contribution >= 0.6 is 0 Å². The topological polar surface area (TPSA) is 38.3 Å². The summed E-state index contributed by atoms with van der Waals surface area (Å²) in [5.74, 6) is 0.648. The monoisotopic (exact) mass is 263 g/mol. The lowest BCUT2D eigenvalue weighted by Crippen LogP contribution is -2.40. The highest BCUT2D eigenvalue weighted by Crippen LogP contribution is 2.26. The van der Waals surface area contributed by atoms with E-state index in [1.165, 1.54) is 5.56 Å². The molecule has 0 aliphatic carbocycles. The summed E-state index contributed by atoms with van der Waals surface area (Å²) in [6.07, 6.45) is -0.488.